The zero-order chi connectivity index (χ0) is 42.5. The Morgan fingerprint density at radius 1 is 0.500 bits per heavy atom. The number of rotatable bonds is 6. The Balaban J connectivity index is 0.858. The molecule has 0 fully saturated rings. The van der Waals surface area contributed by atoms with Crippen LogP contribution in [0, 0.1) is 0 Å². The van der Waals surface area contributed by atoms with Crippen LogP contribution in [0.3, 0.4) is 0 Å². The van der Waals surface area contributed by atoms with Gasteiger partial charge in [0.2, 0.25) is 0 Å². The van der Waals surface area contributed by atoms with Crippen molar-refractivity contribution in [1.82, 2.24) is 4.57 Å². The fraction of sp³-hybridized carbons (Fsp3) is 0.0820. The van der Waals surface area contributed by atoms with Crippen LogP contribution in [0.4, 0.5) is 17.1 Å². The van der Waals surface area contributed by atoms with E-state index < -0.39 is 0 Å². The van der Waals surface area contributed by atoms with Crippen LogP contribution in [0.5, 0.6) is 5.75 Å². The second kappa shape index (κ2) is 14.1. The molecule has 1 aliphatic heterocycles. The molecule has 1 aromatic heterocycles. The van der Waals surface area contributed by atoms with Gasteiger partial charge in [-0.15, -0.1) is 0 Å². The van der Waals surface area contributed by atoms with Crippen LogP contribution in [0.25, 0.3) is 71.7 Å². The first kappa shape index (κ1) is 36.7. The van der Waals surface area contributed by atoms with Crippen LogP contribution in [0.2, 0.25) is 0 Å². The van der Waals surface area contributed by atoms with Gasteiger partial charge in [-0.05, 0) is 141 Å². The van der Waals surface area contributed by atoms with Gasteiger partial charge in [0.1, 0.15) is 11.5 Å². The van der Waals surface area contributed by atoms with Crippen molar-refractivity contribution in [2.24, 2.45) is 0 Å². The Hall–Kier alpha value is -7.88. The average Bonchev–Trinajstić information content (AvgIpc) is 3.97. The zero-order valence-electron chi connectivity index (χ0n) is 35.8. The number of anilines is 3. The molecule has 3 nitrogen and oxygen atoms in total. The third-order valence-electron chi connectivity index (χ3n) is 14.1. The van der Waals surface area contributed by atoms with E-state index in [1.807, 2.05) is 0 Å². The third kappa shape index (κ3) is 5.60. The summed E-state index contributed by atoms with van der Waals surface area (Å²) in [7, 11) is 0. The van der Waals surface area contributed by atoms with E-state index in [1.54, 1.807) is 0 Å². The van der Waals surface area contributed by atoms with Crippen molar-refractivity contribution in [2.45, 2.75) is 31.6 Å². The number of aromatic nitrogens is 1. The summed E-state index contributed by atoms with van der Waals surface area (Å²) in [5.41, 5.74) is 18.2. The highest BCUT2D eigenvalue weighted by Crippen LogP contribution is 2.52. The first-order chi connectivity index (χ1) is 31.5. The highest BCUT2D eigenvalue weighted by Gasteiger charge is 2.37. The second-order valence-corrected chi connectivity index (χ2v) is 18.1. The number of ether oxygens (including phenoxy) is 1. The maximum Gasteiger partial charge on any atom is 0.136 e. The fourth-order valence-corrected chi connectivity index (χ4v) is 10.9. The normalized spacial score (nSPS) is 15.6. The number of fused-ring (bicyclic) bond motifs is 10. The lowest BCUT2D eigenvalue weighted by Crippen LogP contribution is -2.16. The number of para-hydroxylation sites is 3. The lowest BCUT2D eigenvalue weighted by atomic mass is 9.81. The first-order valence-corrected chi connectivity index (χ1v) is 22.4. The Morgan fingerprint density at radius 3 is 2.00 bits per heavy atom. The molecule has 13 rings (SSSR count). The molecule has 1 atom stereocenters. The van der Waals surface area contributed by atoms with Crippen molar-refractivity contribution >= 4 is 55.3 Å². The minimum atomic E-state index is -0.178. The number of benzene rings is 9. The summed E-state index contributed by atoms with van der Waals surface area (Å²) in [6.07, 6.45) is 5.50. The van der Waals surface area contributed by atoms with Crippen molar-refractivity contribution in [1.29, 1.82) is 0 Å². The van der Waals surface area contributed by atoms with E-state index in [9.17, 15) is 0 Å². The van der Waals surface area contributed by atoms with Crippen molar-refractivity contribution in [2.75, 3.05) is 4.90 Å². The van der Waals surface area contributed by atoms with E-state index in [-0.39, 0.29) is 11.3 Å². The predicted octanol–water partition coefficient (Wildman–Crippen LogP) is 16.4. The van der Waals surface area contributed by atoms with Crippen molar-refractivity contribution in [3.05, 3.63) is 235 Å². The largest absolute Gasteiger partial charge is 0.459 e. The van der Waals surface area contributed by atoms with Gasteiger partial charge in [0.05, 0.1) is 22.6 Å². The second-order valence-electron chi connectivity index (χ2n) is 18.1. The van der Waals surface area contributed by atoms with E-state index in [0.717, 1.165) is 40.7 Å². The third-order valence-corrected chi connectivity index (χ3v) is 14.1. The fourth-order valence-electron chi connectivity index (χ4n) is 10.9. The van der Waals surface area contributed by atoms with Gasteiger partial charge in [-0.1, -0.05) is 147 Å². The van der Waals surface area contributed by atoms with Gasteiger partial charge >= 0.3 is 0 Å². The smallest absolute Gasteiger partial charge is 0.136 e. The molecule has 0 saturated carbocycles. The van der Waals surface area contributed by atoms with Gasteiger partial charge in [-0.25, -0.2) is 0 Å². The summed E-state index contributed by atoms with van der Waals surface area (Å²) in [6.45, 7) is 4.76. The molecule has 64 heavy (non-hydrogen) atoms. The van der Waals surface area contributed by atoms with Gasteiger partial charge in [-0.2, -0.15) is 0 Å². The minimum Gasteiger partial charge on any atom is -0.459 e. The molecule has 0 saturated heterocycles. The quantitative estimate of drug-likeness (QED) is 0.166. The van der Waals surface area contributed by atoms with Gasteiger partial charge < -0.3 is 14.2 Å². The SMILES string of the molecule is CC1(C)c2cc(-c3ccc4ccccc4c3)ccc2-c2ccc(N(c3ccccc3)c3ccc(-c4ccc5c(c4)c4ccccc4n5C4=C5Oc6ccccc6C5CC=C4)cc3)cc21. The maximum atomic E-state index is 6.61. The lowest BCUT2D eigenvalue weighted by molar-refractivity contribution is 0.426. The average molecular weight is 821 g/mol. The molecule has 3 heteroatoms. The van der Waals surface area contributed by atoms with E-state index in [1.165, 1.54) is 82.6 Å². The monoisotopic (exact) mass is 820 g/mol. The van der Waals surface area contributed by atoms with Crippen LogP contribution in [-0.4, -0.2) is 4.57 Å². The van der Waals surface area contributed by atoms with Gasteiger partial charge in [0, 0.05) is 38.8 Å². The molecule has 0 amide bonds. The topological polar surface area (TPSA) is 17.4 Å². The Kier molecular flexibility index (Phi) is 8.08. The Bertz CT molecular complexity index is 3590. The van der Waals surface area contributed by atoms with Gasteiger partial charge in [0.15, 0.2) is 0 Å². The number of allylic oxidation sites excluding steroid dienone is 4. The van der Waals surface area contributed by atoms with E-state index in [0.29, 0.717) is 0 Å². The maximum absolute atomic E-state index is 6.61. The molecule has 0 bridgehead atoms. The molecular formula is C61H44N2O. The summed E-state index contributed by atoms with van der Waals surface area (Å²) in [6, 6.07) is 73.5. The van der Waals surface area contributed by atoms with Gasteiger partial charge in [0.25, 0.3) is 0 Å². The van der Waals surface area contributed by atoms with Crippen LogP contribution < -0.4 is 9.64 Å². The molecule has 0 N–H and O–H groups in total. The summed E-state index contributed by atoms with van der Waals surface area (Å²) in [5, 5.41) is 5.00. The molecule has 304 valence electrons. The van der Waals surface area contributed by atoms with Crippen molar-refractivity contribution < 1.29 is 4.74 Å². The standard InChI is InChI=1S/C61H44N2O/c1-61(2)54-37-44(42-24-23-39-13-6-7-14-41(39)35-42)27-32-48(54)49-33-31-47(38-55(49)61)62(45-15-4-3-5-16-45)46-29-25-40(26-30-46)43-28-34-57-53(36-43)50-17-8-10-20-56(50)63(57)58-21-12-19-52-51-18-9-11-22-59(51)64-60(52)58/h3-18,20-38,52H,19H2,1-2H3. The van der Waals surface area contributed by atoms with Gasteiger partial charge in [-0.3, -0.25) is 0 Å². The summed E-state index contributed by atoms with van der Waals surface area (Å²) < 4.78 is 9.02. The van der Waals surface area contributed by atoms with E-state index >= 15 is 0 Å². The van der Waals surface area contributed by atoms with Crippen LogP contribution in [-0.2, 0) is 5.41 Å². The number of hydrogen-bond acceptors (Lipinski definition) is 2. The molecule has 0 radical (unpaired) electrons. The molecule has 3 aliphatic rings. The lowest BCUT2D eigenvalue weighted by Gasteiger charge is -2.28. The summed E-state index contributed by atoms with van der Waals surface area (Å²) in [5.74, 6) is 2.24. The highest BCUT2D eigenvalue weighted by molar-refractivity contribution is 6.12. The Morgan fingerprint density at radius 2 is 1.12 bits per heavy atom. The summed E-state index contributed by atoms with van der Waals surface area (Å²) >= 11 is 0. The van der Waals surface area contributed by atoms with Crippen molar-refractivity contribution in [3.8, 4) is 39.1 Å². The van der Waals surface area contributed by atoms with Crippen LogP contribution in [0.1, 0.15) is 42.9 Å². The van der Waals surface area contributed by atoms with E-state index in [2.05, 4.69) is 236 Å². The summed E-state index contributed by atoms with van der Waals surface area (Å²) in [4.78, 5) is 2.39. The van der Waals surface area contributed by atoms with Crippen LogP contribution >= 0.6 is 0 Å². The highest BCUT2D eigenvalue weighted by atomic mass is 16.5. The molecule has 10 aromatic rings. The molecule has 9 aromatic carbocycles. The minimum absolute atomic E-state index is 0.178. The number of hydrogen-bond donors (Lipinski definition) is 0. The molecule has 2 aliphatic carbocycles. The molecule has 0 spiro atoms. The zero-order valence-corrected chi connectivity index (χ0v) is 35.8. The predicted molar refractivity (Wildman–Crippen MR) is 267 cm³/mol. The molecule has 2 heterocycles. The molecule has 1 unspecified atom stereocenters. The van der Waals surface area contributed by atoms with E-state index in [4.69, 9.17) is 4.74 Å². The van der Waals surface area contributed by atoms with Crippen molar-refractivity contribution in [3.63, 3.8) is 0 Å². The Labute approximate surface area is 373 Å². The number of nitrogens with zero attached hydrogens (tertiary/aromatic N) is 2. The molecular weight excluding hydrogens is 777 g/mol. The first-order valence-electron chi connectivity index (χ1n) is 22.4. The van der Waals surface area contributed by atoms with Crippen LogP contribution in [0.15, 0.2) is 218 Å².